The molecular formula is C9H19F2NO2S. The molecule has 92 valence electrons. The predicted molar refractivity (Wildman–Crippen MR) is 56.8 cm³/mol. The predicted octanol–water partition coefficient (Wildman–Crippen LogP) is 1.43. The van der Waals surface area contributed by atoms with E-state index < -0.39 is 40.6 Å². The molecule has 3 N–H and O–H groups in total. The molecule has 0 aliphatic rings. The fourth-order valence-electron chi connectivity index (χ4n) is 1.36. The largest absolute Gasteiger partial charge is 0.396 e. The van der Waals surface area contributed by atoms with Crippen LogP contribution >= 0.6 is 0 Å². The minimum Gasteiger partial charge on any atom is -0.396 e. The summed E-state index contributed by atoms with van der Waals surface area (Å²) in [5, 5.41) is 13.7. The topological polar surface area (TPSA) is 63.3 Å². The number of hydrogen-bond donors (Lipinski definition) is 2. The molecule has 6 heteroatoms. The van der Waals surface area contributed by atoms with Crippen LogP contribution in [0.3, 0.4) is 0 Å². The Labute approximate surface area is 91.6 Å². The van der Waals surface area contributed by atoms with Crippen molar-refractivity contribution in [3.63, 3.8) is 0 Å². The summed E-state index contributed by atoms with van der Waals surface area (Å²) in [6.45, 7) is 4.01. The normalized spacial score (nSPS) is 17.5. The molecule has 0 radical (unpaired) electrons. The van der Waals surface area contributed by atoms with Crippen molar-refractivity contribution in [3.05, 3.63) is 0 Å². The first-order valence-corrected chi connectivity index (χ1v) is 6.00. The molecule has 0 spiro atoms. The molecule has 0 saturated carbocycles. The van der Waals surface area contributed by atoms with Gasteiger partial charge in [0.25, 0.3) is 5.92 Å². The molecule has 2 atom stereocenters. The Morgan fingerprint density at radius 3 is 2.27 bits per heavy atom. The molecule has 1 unspecified atom stereocenters. The van der Waals surface area contributed by atoms with Crippen molar-refractivity contribution in [3.8, 4) is 0 Å². The smallest absolute Gasteiger partial charge is 0.252 e. The monoisotopic (exact) mass is 243 g/mol. The number of rotatable bonds is 6. The van der Waals surface area contributed by atoms with Crippen molar-refractivity contribution in [1.29, 1.82) is 0 Å². The van der Waals surface area contributed by atoms with Gasteiger partial charge in [0.1, 0.15) is 0 Å². The van der Waals surface area contributed by atoms with Crippen LogP contribution in [0.4, 0.5) is 8.78 Å². The molecule has 0 aromatic rings. The average Bonchev–Trinajstić information content (AvgIpc) is 2.02. The number of aliphatic hydroxyl groups excluding tert-OH is 1. The highest BCUT2D eigenvalue weighted by molar-refractivity contribution is 7.84. The van der Waals surface area contributed by atoms with Gasteiger partial charge in [-0.25, -0.2) is 13.0 Å². The van der Waals surface area contributed by atoms with E-state index in [0.29, 0.717) is 0 Å². The van der Waals surface area contributed by atoms with Crippen LogP contribution in [-0.2, 0) is 11.0 Å². The lowest BCUT2D eigenvalue weighted by Crippen LogP contribution is -2.38. The van der Waals surface area contributed by atoms with E-state index in [1.165, 1.54) is 6.92 Å². The third kappa shape index (κ3) is 4.53. The summed E-state index contributed by atoms with van der Waals surface area (Å²) >= 11 is 0. The maximum absolute atomic E-state index is 13.3. The minimum absolute atomic E-state index is 0.0586. The first kappa shape index (κ1) is 14.9. The number of halogens is 2. The van der Waals surface area contributed by atoms with Gasteiger partial charge in [0.15, 0.2) is 0 Å². The molecule has 0 aliphatic heterocycles. The Morgan fingerprint density at radius 2 is 1.93 bits per heavy atom. The van der Waals surface area contributed by atoms with E-state index in [1.54, 1.807) is 13.8 Å². The van der Waals surface area contributed by atoms with E-state index in [1.807, 2.05) is 0 Å². The second-order valence-electron chi connectivity index (χ2n) is 4.40. The Hall–Kier alpha value is -0.0700. The molecule has 0 heterocycles. The van der Waals surface area contributed by atoms with Gasteiger partial charge in [-0.15, -0.1) is 0 Å². The summed E-state index contributed by atoms with van der Waals surface area (Å²) in [6, 6.07) is 0. The molecule has 0 aromatic heterocycles. The van der Waals surface area contributed by atoms with Crippen LogP contribution in [0.1, 0.15) is 33.6 Å². The van der Waals surface area contributed by atoms with Gasteiger partial charge >= 0.3 is 0 Å². The number of alkyl halides is 2. The zero-order valence-corrected chi connectivity index (χ0v) is 10.1. The van der Waals surface area contributed by atoms with Crippen LogP contribution in [0.15, 0.2) is 0 Å². The maximum atomic E-state index is 13.3. The summed E-state index contributed by atoms with van der Waals surface area (Å²) in [6.07, 6.45) is -0.509. The first-order valence-electron chi connectivity index (χ1n) is 4.78. The summed E-state index contributed by atoms with van der Waals surface area (Å²) in [5.41, 5.74) is 0. The lowest BCUT2D eigenvalue weighted by atomic mass is 9.91. The van der Waals surface area contributed by atoms with Gasteiger partial charge in [0.2, 0.25) is 0 Å². The molecule has 0 saturated heterocycles. The van der Waals surface area contributed by atoms with Crippen LogP contribution in [0, 0.1) is 5.92 Å². The van der Waals surface area contributed by atoms with Crippen LogP contribution in [0.25, 0.3) is 0 Å². The van der Waals surface area contributed by atoms with Crippen LogP contribution in [0.5, 0.6) is 0 Å². The van der Waals surface area contributed by atoms with E-state index in [4.69, 9.17) is 10.2 Å². The van der Waals surface area contributed by atoms with Crippen molar-refractivity contribution in [2.24, 2.45) is 11.1 Å². The number of aliphatic hydroxyl groups is 1. The SMILES string of the molecule is C[C@@H](CC(C)(C)S(N)=O)C(F)(F)CCO. The van der Waals surface area contributed by atoms with E-state index in [2.05, 4.69) is 0 Å². The molecule has 0 fully saturated rings. The number of hydrogen-bond acceptors (Lipinski definition) is 2. The van der Waals surface area contributed by atoms with Gasteiger partial charge in [-0.2, -0.15) is 0 Å². The highest BCUT2D eigenvalue weighted by Gasteiger charge is 2.40. The Morgan fingerprint density at radius 1 is 1.47 bits per heavy atom. The molecule has 0 rings (SSSR count). The van der Waals surface area contributed by atoms with E-state index >= 15 is 0 Å². The molecule has 0 amide bonds. The standard InChI is InChI=1S/C9H19F2NO2S/c1-7(9(10,11)4-5-13)6-8(2,3)15(12)14/h7,13H,4-6,12H2,1-3H3/t7-,15?/m0/s1. The van der Waals surface area contributed by atoms with Crippen molar-refractivity contribution >= 4 is 11.0 Å². The fourth-order valence-corrected chi connectivity index (χ4v) is 1.78. The third-order valence-electron chi connectivity index (χ3n) is 2.51. The van der Waals surface area contributed by atoms with Crippen LogP contribution in [0.2, 0.25) is 0 Å². The van der Waals surface area contributed by atoms with Crippen molar-refractivity contribution in [2.75, 3.05) is 6.61 Å². The summed E-state index contributed by atoms with van der Waals surface area (Å²) in [5.74, 6) is -3.89. The summed E-state index contributed by atoms with van der Waals surface area (Å²) < 4.78 is 36.9. The third-order valence-corrected chi connectivity index (χ3v) is 3.76. The molecular weight excluding hydrogens is 224 g/mol. The molecule has 15 heavy (non-hydrogen) atoms. The van der Waals surface area contributed by atoms with E-state index in [9.17, 15) is 13.0 Å². The van der Waals surface area contributed by atoms with E-state index in [0.717, 1.165) is 0 Å². The fraction of sp³-hybridized carbons (Fsp3) is 1.00. The second kappa shape index (κ2) is 5.32. The van der Waals surface area contributed by atoms with Crippen LogP contribution in [-0.4, -0.2) is 26.6 Å². The lowest BCUT2D eigenvalue weighted by molar-refractivity contribution is -0.0732. The summed E-state index contributed by atoms with van der Waals surface area (Å²) in [7, 11) is -1.63. The van der Waals surface area contributed by atoms with Gasteiger partial charge in [-0.3, -0.25) is 5.14 Å². The summed E-state index contributed by atoms with van der Waals surface area (Å²) in [4.78, 5) is 0. The lowest BCUT2D eigenvalue weighted by Gasteiger charge is -2.30. The van der Waals surface area contributed by atoms with Crippen molar-refractivity contribution in [2.45, 2.75) is 44.3 Å². The van der Waals surface area contributed by atoms with Crippen molar-refractivity contribution in [1.82, 2.24) is 0 Å². The first-order chi connectivity index (χ1) is 6.63. The van der Waals surface area contributed by atoms with Crippen molar-refractivity contribution < 1.29 is 18.1 Å². The highest BCUT2D eigenvalue weighted by Crippen LogP contribution is 2.34. The Bertz CT molecular complexity index is 234. The molecule has 0 aromatic carbocycles. The van der Waals surface area contributed by atoms with Gasteiger partial charge in [0.05, 0.1) is 15.7 Å². The quantitative estimate of drug-likeness (QED) is 0.741. The average molecular weight is 243 g/mol. The highest BCUT2D eigenvalue weighted by atomic mass is 32.2. The molecule has 0 bridgehead atoms. The molecule has 0 aliphatic carbocycles. The zero-order valence-electron chi connectivity index (χ0n) is 9.30. The zero-order chi connectivity index (χ0) is 12.3. The van der Waals surface area contributed by atoms with Gasteiger partial charge in [-0.05, 0) is 20.3 Å². The van der Waals surface area contributed by atoms with Gasteiger partial charge < -0.3 is 5.11 Å². The van der Waals surface area contributed by atoms with Gasteiger partial charge in [0, 0.05) is 18.9 Å². The minimum atomic E-state index is -2.94. The van der Waals surface area contributed by atoms with E-state index in [-0.39, 0.29) is 6.42 Å². The number of nitrogens with two attached hydrogens (primary N) is 1. The Kier molecular flexibility index (Phi) is 5.29. The maximum Gasteiger partial charge on any atom is 0.252 e. The van der Waals surface area contributed by atoms with Crippen LogP contribution < -0.4 is 5.14 Å². The Balaban J connectivity index is 4.48. The van der Waals surface area contributed by atoms with Gasteiger partial charge in [-0.1, -0.05) is 6.92 Å². The molecule has 3 nitrogen and oxygen atoms in total. The second-order valence-corrected chi connectivity index (χ2v) is 6.10.